The Morgan fingerprint density at radius 2 is 2.08 bits per heavy atom. The van der Waals surface area contributed by atoms with Gasteiger partial charge in [0, 0.05) is 48.2 Å². The zero-order valence-electron chi connectivity index (χ0n) is 21.1. The summed E-state index contributed by atoms with van der Waals surface area (Å²) in [5, 5.41) is 9.91. The predicted molar refractivity (Wildman–Crippen MR) is 137 cm³/mol. The molecule has 190 valence electrons. The zero-order valence-corrected chi connectivity index (χ0v) is 21.1. The van der Waals surface area contributed by atoms with Crippen molar-refractivity contribution >= 4 is 22.8 Å². The highest BCUT2D eigenvalue weighted by Gasteiger charge is 2.54. The SMILES string of the molecule is CC=C(C)C(=O)OC(C)(C)C1(Cc2ccc(N)nc2)Cc2cc3cc(CCCO)c(=O)oc3cc2O1. The number of anilines is 1. The third-order valence-electron chi connectivity index (χ3n) is 6.91. The van der Waals surface area contributed by atoms with Crippen LogP contribution in [0.25, 0.3) is 11.0 Å². The molecule has 0 amide bonds. The summed E-state index contributed by atoms with van der Waals surface area (Å²) in [4.78, 5) is 29.4. The third-order valence-corrected chi connectivity index (χ3v) is 6.91. The Labute approximate surface area is 209 Å². The van der Waals surface area contributed by atoms with Gasteiger partial charge < -0.3 is 24.7 Å². The molecule has 3 heterocycles. The van der Waals surface area contributed by atoms with Crippen LogP contribution in [0.3, 0.4) is 0 Å². The van der Waals surface area contributed by atoms with E-state index in [1.807, 2.05) is 32.0 Å². The normalized spacial score (nSPS) is 17.6. The topological polar surface area (TPSA) is 125 Å². The summed E-state index contributed by atoms with van der Waals surface area (Å²) in [5.74, 6) is 0.571. The van der Waals surface area contributed by atoms with E-state index in [1.54, 1.807) is 38.3 Å². The van der Waals surface area contributed by atoms with E-state index in [4.69, 9.17) is 24.7 Å². The van der Waals surface area contributed by atoms with Crippen LogP contribution in [0.2, 0.25) is 0 Å². The first kappa shape index (κ1) is 25.4. The summed E-state index contributed by atoms with van der Waals surface area (Å²) in [7, 11) is 0. The van der Waals surface area contributed by atoms with E-state index in [0.717, 1.165) is 16.5 Å². The number of allylic oxidation sites excluding steroid dienone is 1. The van der Waals surface area contributed by atoms with Crippen LogP contribution in [0.5, 0.6) is 5.75 Å². The third kappa shape index (κ3) is 4.86. The molecule has 3 aromatic rings. The largest absolute Gasteiger partial charge is 0.482 e. The minimum atomic E-state index is -1.03. The number of hydrogen-bond donors (Lipinski definition) is 2. The lowest BCUT2D eigenvalue weighted by molar-refractivity contribution is -0.174. The fourth-order valence-corrected chi connectivity index (χ4v) is 4.51. The first-order chi connectivity index (χ1) is 17.1. The lowest BCUT2D eigenvalue weighted by Gasteiger charge is -2.42. The molecule has 36 heavy (non-hydrogen) atoms. The second-order valence-corrected chi connectivity index (χ2v) is 9.80. The number of benzene rings is 1. The average molecular weight is 493 g/mol. The molecule has 2 aromatic heterocycles. The number of aryl methyl sites for hydroxylation is 1. The Balaban J connectivity index is 1.77. The van der Waals surface area contributed by atoms with Crippen LogP contribution < -0.4 is 16.1 Å². The van der Waals surface area contributed by atoms with Crippen molar-refractivity contribution in [1.29, 1.82) is 0 Å². The van der Waals surface area contributed by atoms with Gasteiger partial charge in [-0.15, -0.1) is 0 Å². The second-order valence-electron chi connectivity index (χ2n) is 9.80. The molecule has 1 unspecified atom stereocenters. The number of ether oxygens (including phenoxy) is 2. The van der Waals surface area contributed by atoms with E-state index >= 15 is 0 Å². The number of aromatic nitrogens is 1. The summed E-state index contributed by atoms with van der Waals surface area (Å²) in [6.07, 6.45) is 5.19. The van der Waals surface area contributed by atoms with Crippen LogP contribution in [0.4, 0.5) is 5.82 Å². The molecule has 0 radical (unpaired) electrons. The number of aliphatic hydroxyl groups is 1. The highest BCUT2D eigenvalue weighted by Crippen LogP contribution is 2.46. The number of esters is 1. The summed E-state index contributed by atoms with van der Waals surface area (Å²) < 4.78 is 18.2. The molecule has 0 fully saturated rings. The molecule has 8 heteroatoms. The maximum atomic E-state index is 12.8. The Morgan fingerprint density at radius 1 is 1.31 bits per heavy atom. The number of carbonyl (C=O) groups is 1. The Hall–Kier alpha value is -3.65. The molecule has 0 spiro atoms. The van der Waals surface area contributed by atoms with Crippen molar-refractivity contribution in [2.45, 2.75) is 64.6 Å². The van der Waals surface area contributed by atoms with Gasteiger partial charge in [0.2, 0.25) is 0 Å². The molecule has 0 aliphatic carbocycles. The summed E-state index contributed by atoms with van der Waals surface area (Å²) in [5.41, 5.74) is 6.61. The Kier molecular flexibility index (Phi) is 6.91. The van der Waals surface area contributed by atoms with Crippen molar-refractivity contribution < 1.29 is 23.8 Å². The number of aliphatic hydroxyl groups excluding tert-OH is 1. The fraction of sp³-hybridized carbons (Fsp3) is 0.393. The smallest absolute Gasteiger partial charge is 0.339 e. The molecule has 1 aromatic carbocycles. The van der Waals surface area contributed by atoms with Crippen LogP contribution in [-0.4, -0.2) is 33.9 Å². The van der Waals surface area contributed by atoms with Gasteiger partial charge in [0.05, 0.1) is 0 Å². The van der Waals surface area contributed by atoms with Gasteiger partial charge in [-0.25, -0.2) is 14.6 Å². The van der Waals surface area contributed by atoms with Crippen LogP contribution in [0, 0.1) is 0 Å². The van der Waals surface area contributed by atoms with Gasteiger partial charge in [0.15, 0.2) is 5.60 Å². The molecular formula is C28H32N2O6. The molecule has 1 atom stereocenters. The minimum absolute atomic E-state index is 0.00147. The lowest BCUT2D eigenvalue weighted by Crippen LogP contribution is -2.57. The number of pyridine rings is 1. The van der Waals surface area contributed by atoms with Crippen molar-refractivity contribution in [3.05, 3.63) is 75.3 Å². The molecule has 0 bridgehead atoms. The van der Waals surface area contributed by atoms with Crippen molar-refractivity contribution in [3.8, 4) is 5.75 Å². The molecule has 3 N–H and O–H groups in total. The van der Waals surface area contributed by atoms with Gasteiger partial charge in [-0.2, -0.15) is 0 Å². The first-order valence-corrected chi connectivity index (χ1v) is 12.0. The highest BCUT2D eigenvalue weighted by molar-refractivity contribution is 5.88. The molecule has 1 aliphatic heterocycles. The fourth-order valence-electron chi connectivity index (χ4n) is 4.51. The van der Waals surface area contributed by atoms with Crippen LogP contribution in [-0.2, 0) is 28.8 Å². The Morgan fingerprint density at radius 3 is 2.75 bits per heavy atom. The average Bonchev–Trinajstić information content (AvgIpc) is 3.20. The van der Waals surface area contributed by atoms with Gasteiger partial charge in [0.25, 0.3) is 0 Å². The molecule has 0 saturated heterocycles. The van der Waals surface area contributed by atoms with E-state index < -0.39 is 22.8 Å². The number of rotatable bonds is 8. The number of hydrogen-bond acceptors (Lipinski definition) is 8. The molecule has 8 nitrogen and oxygen atoms in total. The number of nitrogen functional groups attached to an aromatic ring is 1. The van der Waals surface area contributed by atoms with E-state index in [2.05, 4.69) is 4.98 Å². The van der Waals surface area contributed by atoms with Crippen molar-refractivity contribution in [2.75, 3.05) is 12.3 Å². The monoisotopic (exact) mass is 492 g/mol. The quantitative estimate of drug-likeness (QED) is 0.276. The molecular weight excluding hydrogens is 460 g/mol. The van der Waals surface area contributed by atoms with E-state index in [0.29, 0.717) is 54.0 Å². The number of fused-ring (bicyclic) bond motifs is 2. The maximum absolute atomic E-state index is 12.8. The minimum Gasteiger partial charge on any atom is -0.482 e. The van der Waals surface area contributed by atoms with Crippen molar-refractivity contribution in [1.82, 2.24) is 4.98 Å². The van der Waals surface area contributed by atoms with Crippen molar-refractivity contribution in [3.63, 3.8) is 0 Å². The summed E-state index contributed by atoms with van der Waals surface area (Å²) >= 11 is 0. The van der Waals surface area contributed by atoms with Crippen LogP contribution in [0.1, 0.15) is 50.8 Å². The van der Waals surface area contributed by atoms with Crippen LogP contribution in [0.15, 0.2) is 57.4 Å². The standard InChI is InChI=1S/C28H32N2O6/c1-5-17(2)25(32)36-27(3,4)28(14-18-8-9-24(29)30-16-18)15-21-12-20-11-19(7-6-10-31)26(33)34-22(20)13-23(21)35-28/h5,8-9,11-13,16,31H,6-7,10,14-15H2,1-4H3,(H2,29,30). The van der Waals surface area contributed by atoms with Crippen LogP contribution >= 0.6 is 0 Å². The van der Waals surface area contributed by atoms with Gasteiger partial charge in [-0.1, -0.05) is 12.1 Å². The molecule has 0 saturated carbocycles. The maximum Gasteiger partial charge on any atom is 0.339 e. The Bertz CT molecular complexity index is 1370. The van der Waals surface area contributed by atoms with Gasteiger partial charge in [0.1, 0.15) is 22.8 Å². The first-order valence-electron chi connectivity index (χ1n) is 12.0. The predicted octanol–water partition coefficient (Wildman–Crippen LogP) is 3.90. The second kappa shape index (κ2) is 9.78. The summed E-state index contributed by atoms with van der Waals surface area (Å²) in [6.45, 7) is 7.19. The number of nitrogens with two attached hydrogens (primary N) is 1. The van der Waals surface area contributed by atoms with Gasteiger partial charge in [-0.3, -0.25) is 0 Å². The zero-order chi connectivity index (χ0) is 26.1. The van der Waals surface area contributed by atoms with E-state index in [-0.39, 0.29) is 6.61 Å². The number of nitrogens with zero attached hydrogens (tertiary/aromatic N) is 1. The molecule has 4 rings (SSSR count). The van der Waals surface area contributed by atoms with E-state index in [1.165, 1.54) is 0 Å². The summed E-state index contributed by atoms with van der Waals surface area (Å²) in [6, 6.07) is 9.09. The van der Waals surface area contributed by atoms with Gasteiger partial charge in [-0.05, 0) is 69.9 Å². The van der Waals surface area contributed by atoms with Gasteiger partial charge >= 0.3 is 11.6 Å². The number of carbonyl (C=O) groups excluding carboxylic acids is 1. The van der Waals surface area contributed by atoms with E-state index in [9.17, 15) is 9.59 Å². The van der Waals surface area contributed by atoms with Crippen molar-refractivity contribution in [2.24, 2.45) is 0 Å². The lowest BCUT2D eigenvalue weighted by atomic mass is 9.77. The highest BCUT2D eigenvalue weighted by atomic mass is 16.6. The molecule has 1 aliphatic rings.